The van der Waals surface area contributed by atoms with Crippen molar-refractivity contribution in [2.24, 2.45) is 0 Å². The predicted molar refractivity (Wildman–Crippen MR) is 74.2 cm³/mol. The Balaban J connectivity index is 2.00. The molecule has 0 aliphatic rings. The summed E-state index contributed by atoms with van der Waals surface area (Å²) in [6.07, 6.45) is 0.789. The molecule has 90 valence electrons. The highest BCUT2D eigenvalue weighted by Crippen LogP contribution is 2.23. The molecule has 1 aromatic heterocycles. The lowest BCUT2D eigenvalue weighted by Gasteiger charge is -2.11. The van der Waals surface area contributed by atoms with E-state index in [1.54, 1.807) is 23.5 Å². The summed E-state index contributed by atoms with van der Waals surface area (Å²) in [4.78, 5) is 0. The molecule has 1 aromatic carbocycles. The second-order valence-electron chi connectivity index (χ2n) is 3.93. The molecule has 1 unspecified atom stereocenters. The minimum Gasteiger partial charge on any atom is -0.392 e. The van der Waals surface area contributed by atoms with Gasteiger partial charge in [-0.2, -0.15) is 11.3 Å². The van der Waals surface area contributed by atoms with Crippen LogP contribution >= 0.6 is 34.5 Å². The molecule has 0 amide bonds. The van der Waals surface area contributed by atoms with E-state index in [4.69, 9.17) is 23.2 Å². The van der Waals surface area contributed by atoms with Crippen LogP contribution in [0.15, 0.2) is 35.0 Å². The molecular weight excluding hydrogens is 275 g/mol. The smallest absolute Gasteiger partial charge is 0.0621 e. The van der Waals surface area contributed by atoms with Crippen molar-refractivity contribution in [1.82, 2.24) is 0 Å². The van der Waals surface area contributed by atoms with Gasteiger partial charge in [-0.05, 0) is 46.5 Å². The molecule has 1 N–H and O–H groups in total. The van der Waals surface area contributed by atoms with Crippen molar-refractivity contribution in [2.45, 2.75) is 18.9 Å². The third-order valence-corrected chi connectivity index (χ3v) is 3.84. The minimum atomic E-state index is -0.414. The van der Waals surface area contributed by atoms with Crippen LogP contribution in [-0.2, 0) is 12.8 Å². The summed E-state index contributed by atoms with van der Waals surface area (Å²) in [5.74, 6) is 0. The Morgan fingerprint density at radius 1 is 1.18 bits per heavy atom. The largest absolute Gasteiger partial charge is 0.392 e. The van der Waals surface area contributed by atoms with Crippen molar-refractivity contribution >= 4 is 34.5 Å². The van der Waals surface area contributed by atoms with Crippen LogP contribution in [0.4, 0.5) is 0 Å². The maximum Gasteiger partial charge on any atom is 0.0621 e. The zero-order valence-electron chi connectivity index (χ0n) is 9.07. The molecule has 0 fully saturated rings. The van der Waals surface area contributed by atoms with Crippen LogP contribution in [0.25, 0.3) is 0 Å². The quantitative estimate of drug-likeness (QED) is 0.893. The van der Waals surface area contributed by atoms with Crippen LogP contribution in [0.1, 0.15) is 11.1 Å². The first-order valence-corrected chi connectivity index (χ1v) is 6.98. The fourth-order valence-electron chi connectivity index (χ4n) is 1.69. The normalized spacial score (nSPS) is 12.6. The van der Waals surface area contributed by atoms with Gasteiger partial charge in [0.25, 0.3) is 0 Å². The number of aliphatic hydroxyl groups is 1. The van der Waals surface area contributed by atoms with E-state index in [-0.39, 0.29) is 0 Å². The van der Waals surface area contributed by atoms with Gasteiger partial charge in [-0.15, -0.1) is 0 Å². The monoisotopic (exact) mass is 286 g/mol. The third kappa shape index (κ3) is 3.71. The van der Waals surface area contributed by atoms with Crippen LogP contribution in [0.5, 0.6) is 0 Å². The van der Waals surface area contributed by atoms with Gasteiger partial charge in [-0.1, -0.05) is 29.3 Å². The summed E-state index contributed by atoms with van der Waals surface area (Å²) in [6.45, 7) is 0. The van der Waals surface area contributed by atoms with Crippen LogP contribution in [0, 0.1) is 0 Å². The minimum absolute atomic E-state index is 0.414. The Kier molecular flexibility index (Phi) is 4.46. The molecule has 0 bridgehead atoms. The average Bonchev–Trinajstić information content (AvgIpc) is 2.75. The molecule has 2 aromatic rings. The Bertz CT molecular complexity index is 482. The highest BCUT2D eigenvalue weighted by molar-refractivity contribution is 7.07. The summed E-state index contributed by atoms with van der Waals surface area (Å²) in [7, 11) is 0. The van der Waals surface area contributed by atoms with E-state index in [0.717, 1.165) is 11.1 Å². The number of aliphatic hydroxyl groups excluding tert-OH is 1. The van der Waals surface area contributed by atoms with E-state index >= 15 is 0 Å². The number of halogens is 2. The Morgan fingerprint density at radius 2 is 2.00 bits per heavy atom. The zero-order valence-corrected chi connectivity index (χ0v) is 11.4. The van der Waals surface area contributed by atoms with Crippen LogP contribution in [0.3, 0.4) is 0 Å². The van der Waals surface area contributed by atoms with E-state index in [1.807, 2.05) is 22.9 Å². The van der Waals surface area contributed by atoms with Gasteiger partial charge in [0.05, 0.1) is 6.10 Å². The van der Waals surface area contributed by atoms with Crippen LogP contribution in [0.2, 0.25) is 10.0 Å². The molecule has 0 spiro atoms. The van der Waals surface area contributed by atoms with Crippen molar-refractivity contribution in [3.63, 3.8) is 0 Å². The van der Waals surface area contributed by atoms with Crippen molar-refractivity contribution in [2.75, 3.05) is 0 Å². The fourth-order valence-corrected chi connectivity index (χ4v) is 2.86. The molecule has 0 aliphatic heterocycles. The second kappa shape index (κ2) is 5.87. The van der Waals surface area contributed by atoms with Gasteiger partial charge in [-0.25, -0.2) is 0 Å². The van der Waals surface area contributed by atoms with E-state index in [1.165, 1.54) is 0 Å². The number of hydrogen-bond donors (Lipinski definition) is 1. The molecule has 0 saturated heterocycles. The van der Waals surface area contributed by atoms with E-state index in [0.29, 0.717) is 22.9 Å². The average molecular weight is 287 g/mol. The van der Waals surface area contributed by atoms with Crippen molar-refractivity contribution in [1.29, 1.82) is 0 Å². The predicted octanol–water partition coefficient (Wildman–Crippen LogP) is 4.20. The number of hydrogen-bond acceptors (Lipinski definition) is 2. The standard InChI is InChI=1S/C13H12Cl2OS/c14-11-2-1-10(13(15)7-11)6-12(16)5-9-3-4-17-8-9/h1-4,7-8,12,16H,5-6H2. The van der Waals surface area contributed by atoms with Gasteiger partial charge in [0, 0.05) is 16.5 Å². The SMILES string of the molecule is OC(Cc1ccsc1)Cc1ccc(Cl)cc1Cl. The van der Waals surface area contributed by atoms with E-state index in [2.05, 4.69) is 0 Å². The van der Waals surface area contributed by atoms with Crippen LogP contribution < -0.4 is 0 Å². The van der Waals surface area contributed by atoms with E-state index < -0.39 is 6.10 Å². The Labute approximate surface area is 115 Å². The highest BCUT2D eigenvalue weighted by Gasteiger charge is 2.10. The molecule has 17 heavy (non-hydrogen) atoms. The topological polar surface area (TPSA) is 20.2 Å². The molecule has 1 atom stereocenters. The molecule has 2 rings (SSSR count). The Hall–Kier alpha value is -0.540. The molecule has 4 heteroatoms. The maximum atomic E-state index is 9.98. The Morgan fingerprint density at radius 3 is 2.65 bits per heavy atom. The van der Waals surface area contributed by atoms with Crippen molar-refractivity contribution in [3.05, 3.63) is 56.2 Å². The van der Waals surface area contributed by atoms with Crippen molar-refractivity contribution in [3.8, 4) is 0 Å². The number of thiophene rings is 1. The molecule has 0 radical (unpaired) electrons. The summed E-state index contributed by atoms with van der Waals surface area (Å²) < 4.78 is 0. The summed E-state index contributed by atoms with van der Waals surface area (Å²) in [5, 5.41) is 15.3. The first-order valence-electron chi connectivity index (χ1n) is 5.28. The lowest BCUT2D eigenvalue weighted by molar-refractivity contribution is 0.175. The van der Waals surface area contributed by atoms with Gasteiger partial charge in [0.15, 0.2) is 0 Å². The van der Waals surface area contributed by atoms with Gasteiger partial charge < -0.3 is 5.11 Å². The first-order chi connectivity index (χ1) is 8.15. The van der Waals surface area contributed by atoms with Crippen molar-refractivity contribution < 1.29 is 5.11 Å². The van der Waals surface area contributed by atoms with Gasteiger partial charge >= 0.3 is 0 Å². The highest BCUT2D eigenvalue weighted by atomic mass is 35.5. The second-order valence-corrected chi connectivity index (χ2v) is 5.55. The van der Waals surface area contributed by atoms with E-state index in [9.17, 15) is 5.11 Å². The zero-order chi connectivity index (χ0) is 12.3. The summed E-state index contributed by atoms with van der Waals surface area (Å²) in [6, 6.07) is 7.38. The van der Waals surface area contributed by atoms with Gasteiger partial charge in [-0.3, -0.25) is 0 Å². The van der Waals surface area contributed by atoms with Gasteiger partial charge in [0.1, 0.15) is 0 Å². The molecule has 0 aliphatic carbocycles. The maximum absolute atomic E-state index is 9.98. The van der Waals surface area contributed by atoms with Crippen LogP contribution in [-0.4, -0.2) is 11.2 Å². The summed E-state index contributed by atoms with van der Waals surface area (Å²) in [5.41, 5.74) is 2.09. The number of benzene rings is 1. The summed E-state index contributed by atoms with van der Waals surface area (Å²) >= 11 is 13.5. The lowest BCUT2D eigenvalue weighted by Crippen LogP contribution is -2.13. The molecule has 1 heterocycles. The lowest BCUT2D eigenvalue weighted by atomic mass is 10.0. The van der Waals surface area contributed by atoms with Gasteiger partial charge in [0.2, 0.25) is 0 Å². The number of rotatable bonds is 4. The third-order valence-electron chi connectivity index (χ3n) is 2.52. The fraction of sp³-hybridized carbons (Fsp3) is 0.231. The first kappa shape index (κ1) is 12.9. The molecule has 1 nitrogen and oxygen atoms in total. The molecular formula is C13H12Cl2OS. The molecule has 0 saturated carbocycles.